The van der Waals surface area contributed by atoms with Crippen molar-refractivity contribution in [3.8, 4) is 0 Å². The highest BCUT2D eigenvalue weighted by molar-refractivity contribution is 7.10. The van der Waals surface area contributed by atoms with Gasteiger partial charge in [0, 0.05) is 4.88 Å². The third-order valence-corrected chi connectivity index (χ3v) is 3.05. The lowest BCUT2D eigenvalue weighted by atomic mass is 9.93. The zero-order valence-corrected chi connectivity index (χ0v) is 7.87. The van der Waals surface area contributed by atoms with E-state index in [2.05, 4.69) is 11.4 Å². The van der Waals surface area contributed by atoms with Crippen LogP contribution in [0.1, 0.15) is 24.3 Å². The van der Waals surface area contributed by atoms with Crippen molar-refractivity contribution >= 4 is 17.6 Å². The lowest BCUT2D eigenvalue weighted by Crippen LogP contribution is -2.16. The summed E-state index contributed by atoms with van der Waals surface area (Å²) in [5.41, 5.74) is 0.929. The van der Waals surface area contributed by atoms with E-state index in [4.69, 9.17) is 0 Å². The molecule has 0 aliphatic heterocycles. The molecular weight excluding hydrogens is 156 g/mol. The van der Waals surface area contributed by atoms with Crippen LogP contribution >= 0.6 is 11.3 Å². The number of thiophene rings is 1. The second-order valence-electron chi connectivity index (χ2n) is 3.33. The Kier molecular flexibility index (Phi) is 2.14. The van der Waals surface area contributed by atoms with Gasteiger partial charge in [-0.15, -0.1) is 11.3 Å². The molecule has 1 rings (SSSR count). The second kappa shape index (κ2) is 2.78. The van der Waals surface area contributed by atoms with E-state index in [0.29, 0.717) is 0 Å². The lowest BCUT2D eigenvalue weighted by molar-refractivity contribution is -0.111. The van der Waals surface area contributed by atoms with Gasteiger partial charge in [0.1, 0.15) is 6.29 Å². The van der Waals surface area contributed by atoms with E-state index >= 15 is 0 Å². The first kappa shape index (κ1) is 8.47. The van der Waals surface area contributed by atoms with E-state index in [1.165, 1.54) is 5.56 Å². The van der Waals surface area contributed by atoms with Gasteiger partial charge in [0.25, 0.3) is 0 Å². The topological polar surface area (TPSA) is 17.1 Å². The number of carbonyl (C=O) groups is 1. The van der Waals surface area contributed by atoms with Crippen LogP contribution in [0.5, 0.6) is 0 Å². The minimum atomic E-state index is -0.307. The van der Waals surface area contributed by atoms with Crippen molar-refractivity contribution in [1.29, 1.82) is 0 Å². The fraction of sp³-hybridized carbons (Fsp3) is 0.444. The number of hydrogen-bond donors (Lipinski definition) is 0. The average molecular weight is 168 g/mol. The number of aldehydes is 1. The fourth-order valence-electron chi connectivity index (χ4n) is 0.827. The predicted molar refractivity (Wildman–Crippen MR) is 48.1 cm³/mol. The number of hydrogen-bond acceptors (Lipinski definition) is 2. The molecule has 0 atom stereocenters. The van der Waals surface area contributed by atoms with E-state index in [-0.39, 0.29) is 5.41 Å². The van der Waals surface area contributed by atoms with Gasteiger partial charge in [-0.05, 0) is 37.8 Å². The largest absolute Gasteiger partial charge is 0.302 e. The first-order valence-corrected chi connectivity index (χ1v) is 4.46. The standard InChI is InChI=1S/C9H12OS/c1-7-4-8(11-5-7)9(2,3)6-10/h4-6H,1-3H3. The molecule has 0 unspecified atom stereocenters. The molecule has 0 N–H and O–H groups in total. The Morgan fingerprint density at radius 3 is 2.55 bits per heavy atom. The van der Waals surface area contributed by atoms with Gasteiger partial charge in [-0.1, -0.05) is 0 Å². The summed E-state index contributed by atoms with van der Waals surface area (Å²) in [5.74, 6) is 0. The summed E-state index contributed by atoms with van der Waals surface area (Å²) < 4.78 is 0. The summed E-state index contributed by atoms with van der Waals surface area (Å²) in [7, 11) is 0. The van der Waals surface area contributed by atoms with Crippen molar-refractivity contribution in [3.05, 3.63) is 21.9 Å². The molecule has 1 aromatic heterocycles. The molecule has 0 saturated carbocycles. The van der Waals surface area contributed by atoms with E-state index in [1.54, 1.807) is 11.3 Å². The van der Waals surface area contributed by atoms with E-state index in [9.17, 15) is 4.79 Å². The fourth-order valence-corrected chi connectivity index (χ4v) is 1.81. The normalized spacial score (nSPS) is 11.5. The molecule has 0 fully saturated rings. The summed E-state index contributed by atoms with van der Waals surface area (Å²) in [4.78, 5) is 11.8. The highest BCUT2D eigenvalue weighted by Gasteiger charge is 2.20. The molecule has 0 aromatic carbocycles. The molecule has 1 aromatic rings. The maximum absolute atomic E-state index is 10.6. The van der Waals surface area contributed by atoms with Crippen molar-refractivity contribution in [2.45, 2.75) is 26.2 Å². The van der Waals surface area contributed by atoms with E-state index in [0.717, 1.165) is 11.2 Å². The molecule has 11 heavy (non-hydrogen) atoms. The maximum Gasteiger partial charge on any atom is 0.130 e. The highest BCUT2D eigenvalue weighted by atomic mass is 32.1. The molecule has 2 heteroatoms. The van der Waals surface area contributed by atoms with Crippen LogP contribution in [0.3, 0.4) is 0 Å². The minimum Gasteiger partial charge on any atom is -0.302 e. The Hall–Kier alpha value is -0.630. The third-order valence-electron chi connectivity index (χ3n) is 1.66. The minimum absolute atomic E-state index is 0.307. The van der Waals surface area contributed by atoms with Gasteiger partial charge in [-0.2, -0.15) is 0 Å². The Morgan fingerprint density at radius 2 is 2.18 bits per heavy atom. The monoisotopic (exact) mass is 168 g/mol. The summed E-state index contributed by atoms with van der Waals surface area (Å²) in [6, 6.07) is 2.07. The van der Waals surface area contributed by atoms with Crippen molar-refractivity contribution in [3.63, 3.8) is 0 Å². The van der Waals surface area contributed by atoms with Crippen molar-refractivity contribution in [2.75, 3.05) is 0 Å². The molecule has 0 saturated heterocycles. The lowest BCUT2D eigenvalue weighted by Gasteiger charge is -2.13. The van der Waals surface area contributed by atoms with Crippen LogP contribution in [0, 0.1) is 6.92 Å². The van der Waals surface area contributed by atoms with Gasteiger partial charge >= 0.3 is 0 Å². The van der Waals surface area contributed by atoms with Gasteiger partial charge in [-0.25, -0.2) is 0 Å². The Labute approximate surface area is 71.1 Å². The maximum atomic E-state index is 10.6. The van der Waals surface area contributed by atoms with Gasteiger partial charge in [0.15, 0.2) is 0 Å². The van der Waals surface area contributed by atoms with Crippen molar-refractivity contribution < 1.29 is 4.79 Å². The first-order valence-electron chi connectivity index (χ1n) is 3.58. The number of carbonyl (C=O) groups excluding carboxylic acids is 1. The molecule has 0 bridgehead atoms. The average Bonchev–Trinajstić information content (AvgIpc) is 2.36. The predicted octanol–water partition coefficient (Wildman–Crippen LogP) is 2.53. The Bertz CT molecular complexity index is 260. The van der Waals surface area contributed by atoms with Crippen LogP contribution in [0.2, 0.25) is 0 Å². The van der Waals surface area contributed by atoms with Crippen LogP contribution in [-0.4, -0.2) is 6.29 Å². The van der Waals surface area contributed by atoms with Crippen LogP contribution in [0.15, 0.2) is 11.4 Å². The van der Waals surface area contributed by atoms with E-state index in [1.807, 2.05) is 20.8 Å². The molecular formula is C9H12OS. The SMILES string of the molecule is Cc1csc(C(C)(C)C=O)c1. The summed E-state index contributed by atoms with van der Waals surface area (Å²) in [5, 5.41) is 2.07. The zero-order chi connectivity index (χ0) is 8.48. The molecule has 1 heterocycles. The van der Waals surface area contributed by atoms with Crippen LogP contribution < -0.4 is 0 Å². The molecule has 0 aliphatic carbocycles. The molecule has 0 spiro atoms. The molecule has 1 nitrogen and oxygen atoms in total. The Morgan fingerprint density at radius 1 is 1.55 bits per heavy atom. The molecule has 0 aliphatic rings. The third kappa shape index (κ3) is 1.69. The van der Waals surface area contributed by atoms with E-state index < -0.39 is 0 Å². The smallest absolute Gasteiger partial charge is 0.130 e. The van der Waals surface area contributed by atoms with Gasteiger partial charge < -0.3 is 4.79 Å². The molecule has 60 valence electrons. The zero-order valence-electron chi connectivity index (χ0n) is 7.05. The summed E-state index contributed by atoms with van der Waals surface area (Å²) >= 11 is 1.65. The molecule has 0 amide bonds. The molecule has 0 radical (unpaired) electrons. The summed E-state index contributed by atoms with van der Waals surface area (Å²) in [6.45, 7) is 5.91. The van der Waals surface area contributed by atoms with Crippen LogP contribution in [0.4, 0.5) is 0 Å². The number of aryl methyl sites for hydroxylation is 1. The van der Waals surface area contributed by atoms with Gasteiger partial charge in [0.05, 0.1) is 5.41 Å². The second-order valence-corrected chi connectivity index (χ2v) is 4.24. The van der Waals surface area contributed by atoms with Gasteiger partial charge in [-0.3, -0.25) is 0 Å². The van der Waals surface area contributed by atoms with Crippen molar-refractivity contribution in [2.24, 2.45) is 0 Å². The summed E-state index contributed by atoms with van der Waals surface area (Å²) in [6.07, 6.45) is 0.998. The highest BCUT2D eigenvalue weighted by Crippen LogP contribution is 2.26. The van der Waals surface area contributed by atoms with Crippen LogP contribution in [-0.2, 0) is 10.2 Å². The van der Waals surface area contributed by atoms with Crippen molar-refractivity contribution in [1.82, 2.24) is 0 Å². The van der Waals surface area contributed by atoms with Gasteiger partial charge in [0.2, 0.25) is 0 Å². The first-order chi connectivity index (χ1) is 5.06. The quantitative estimate of drug-likeness (QED) is 0.620. The Balaban J connectivity index is 3.01. The van der Waals surface area contributed by atoms with Crippen LogP contribution in [0.25, 0.3) is 0 Å². The number of rotatable bonds is 2.